The molecule has 0 spiro atoms. The fourth-order valence-electron chi connectivity index (χ4n) is 3.49. The van der Waals surface area contributed by atoms with Crippen LogP contribution in [0.2, 0.25) is 5.02 Å². The third kappa shape index (κ3) is 4.92. The molecule has 5 nitrogen and oxygen atoms in total. The first-order valence-electron chi connectivity index (χ1n) is 9.84. The van der Waals surface area contributed by atoms with E-state index in [0.29, 0.717) is 43.3 Å². The van der Waals surface area contributed by atoms with Crippen molar-refractivity contribution in [2.75, 3.05) is 26.8 Å². The van der Waals surface area contributed by atoms with Gasteiger partial charge in [-0.15, -0.1) is 0 Å². The molecule has 1 aliphatic heterocycles. The van der Waals surface area contributed by atoms with E-state index in [1.54, 1.807) is 12.3 Å². The van der Waals surface area contributed by atoms with Gasteiger partial charge in [0.15, 0.2) is 11.5 Å². The van der Waals surface area contributed by atoms with Crippen LogP contribution in [0.3, 0.4) is 0 Å². The van der Waals surface area contributed by atoms with E-state index in [0.717, 1.165) is 23.6 Å². The Balaban J connectivity index is 1.63. The van der Waals surface area contributed by atoms with E-state index < -0.39 is 11.7 Å². The lowest BCUT2D eigenvalue weighted by molar-refractivity contribution is -0.137. The quantitative estimate of drug-likeness (QED) is 0.468. The van der Waals surface area contributed by atoms with Gasteiger partial charge in [-0.3, -0.25) is 9.88 Å². The first kappa shape index (κ1) is 22.2. The summed E-state index contributed by atoms with van der Waals surface area (Å²) < 4.78 is 55.6. The molecule has 0 saturated carbocycles. The Morgan fingerprint density at radius 3 is 2.81 bits per heavy atom. The second kappa shape index (κ2) is 9.26. The molecule has 0 amide bonds. The molecule has 2 aromatic heterocycles. The second-order valence-corrected chi connectivity index (χ2v) is 7.63. The molecule has 1 aromatic carbocycles. The Morgan fingerprint density at radius 2 is 2.12 bits per heavy atom. The van der Waals surface area contributed by atoms with Crippen LogP contribution in [0.4, 0.5) is 13.2 Å². The summed E-state index contributed by atoms with van der Waals surface area (Å²) in [6.07, 6.45) is 1.78. The molecule has 4 rings (SSSR count). The van der Waals surface area contributed by atoms with Crippen LogP contribution < -0.4 is 9.47 Å². The third-order valence-electron chi connectivity index (χ3n) is 5.03. The molecule has 0 unspecified atom stereocenters. The van der Waals surface area contributed by atoms with E-state index in [1.165, 1.54) is 7.11 Å². The van der Waals surface area contributed by atoms with E-state index in [1.807, 2.05) is 30.4 Å². The lowest BCUT2D eigenvalue weighted by atomic mass is 10.0. The summed E-state index contributed by atoms with van der Waals surface area (Å²) in [5, 5.41) is -0.0883. The summed E-state index contributed by atoms with van der Waals surface area (Å²) in [5.41, 5.74) is 0.733. The molecule has 3 heterocycles. The summed E-state index contributed by atoms with van der Waals surface area (Å²) in [4.78, 5) is 6.15. The fourth-order valence-corrected chi connectivity index (χ4v) is 3.77. The average molecular weight is 465 g/mol. The maximum absolute atomic E-state index is 13.0. The van der Waals surface area contributed by atoms with Gasteiger partial charge in [-0.2, -0.15) is 13.2 Å². The molecule has 9 heteroatoms. The topological polar surface area (TPSA) is 47.7 Å². The van der Waals surface area contributed by atoms with Gasteiger partial charge in [-0.1, -0.05) is 17.7 Å². The average Bonchev–Trinajstić information content (AvgIpc) is 3.18. The zero-order chi connectivity index (χ0) is 22.7. The number of nitrogens with zero attached hydrogens (tertiary/aromatic N) is 2. The number of pyridine rings is 1. The normalized spacial score (nSPS) is 14.8. The highest BCUT2D eigenvalue weighted by atomic mass is 35.5. The first-order chi connectivity index (χ1) is 15.3. The number of fused-ring (bicyclic) bond motifs is 1. The lowest BCUT2D eigenvalue weighted by Crippen LogP contribution is -2.25. The van der Waals surface area contributed by atoms with Crippen molar-refractivity contribution in [3.8, 4) is 22.8 Å². The van der Waals surface area contributed by atoms with Crippen LogP contribution in [0.25, 0.3) is 17.3 Å². The molecule has 168 valence electrons. The minimum absolute atomic E-state index is 0.0883. The number of methoxy groups -OCH3 is 1. The van der Waals surface area contributed by atoms with Crippen LogP contribution in [0, 0.1) is 0 Å². The molecule has 0 radical (unpaired) electrons. The van der Waals surface area contributed by atoms with Crippen LogP contribution in [0.15, 0.2) is 53.3 Å². The molecular formula is C23H20ClF3N2O3. The minimum Gasteiger partial charge on any atom is -0.493 e. The summed E-state index contributed by atoms with van der Waals surface area (Å²) >= 11 is 6.16. The van der Waals surface area contributed by atoms with Crippen LogP contribution in [-0.4, -0.2) is 36.7 Å². The summed E-state index contributed by atoms with van der Waals surface area (Å²) in [6, 6.07) is 8.07. The van der Waals surface area contributed by atoms with Crippen LogP contribution in [0.5, 0.6) is 11.5 Å². The zero-order valence-corrected chi connectivity index (χ0v) is 17.9. The molecule has 0 fully saturated rings. The SMILES string of the molecule is COc1cc(-c2ncc(C(F)(F)F)cc2Cl)cc2c1OCCN(C/C=C/c1ccco1)C2. The number of hydrogen-bond donors (Lipinski definition) is 0. The lowest BCUT2D eigenvalue weighted by Gasteiger charge is -2.18. The van der Waals surface area contributed by atoms with Crippen LogP contribution in [0.1, 0.15) is 16.9 Å². The smallest absolute Gasteiger partial charge is 0.417 e. The molecule has 3 aromatic rings. The van der Waals surface area contributed by atoms with Gasteiger partial charge in [-0.25, -0.2) is 0 Å². The van der Waals surface area contributed by atoms with Gasteiger partial charge in [0.2, 0.25) is 0 Å². The van der Waals surface area contributed by atoms with Gasteiger partial charge in [0.05, 0.1) is 29.7 Å². The molecule has 0 aliphatic carbocycles. The Bertz CT molecular complexity index is 1110. The van der Waals surface area contributed by atoms with Gasteiger partial charge < -0.3 is 13.9 Å². The predicted molar refractivity (Wildman–Crippen MR) is 115 cm³/mol. The molecule has 0 bridgehead atoms. The zero-order valence-electron chi connectivity index (χ0n) is 17.2. The number of furan rings is 1. The van der Waals surface area contributed by atoms with E-state index in [9.17, 15) is 13.2 Å². The number of aromatic nitrogens is 1. The highest BCUT2D eigenvalue weighted by Gasteiger charge is 2.32. The largest absolute Gasteiger partial charge is 0.493 e. The Morgan fingerprint density at radius 1 is 1.28 bits per heavy atom. The van der Waals surface area contributed by atoms with Crippen molar-refractivity contribution in [2.45, 2.75) is 12.7 Å². The molecule has 32 heavy (non-hydrogen) atoms. The summed E-state index contributed by atoms with van der Waals surface area (Å²) in [5.74, 6) is 1.85. The van der Waals surface area contributed by atoms with Gasteiger partial charge >= 0.3 is 6.18 Å². The monoisotopic (exact) mass is 464 g/mol. The number of benzene rings is 1. The first-order valence-corrected chi connectivity index (χ1v) is 10.2. The molecular weight excluding hydrogens is 445 g/mol. The summed E-state index contributed by atoms with van der Waals surface area (Å²) in [6.45, 7) is 2.38. The maximum atomic E-state index is 13.0. The van der Waals surface area contributed by atoms with E-state index in [-0.39, 0.29) is 10.7 Å². The van der Waals surface area contributed by atoms with Crippen LogP contribution >= 0.6 is 11.6 Å². The number of hydrogen-bond acceptors (Lipinski definition) is 5. The van der Waals surface area contributed by atoms with Crippen LogP contribution in [-0.2, 0) is 12.7 Å². The van der Waals surface area contributed by atoms with Crippen molar-refractivity contribution in [1.82, 2.24) is 9.88 Å². The van der Waals surface area contributed by atoms with Gasteiger partial charge in [0, 0.05) is 37.0 Å². The number of ether oxygens (including phenoxy) is 2. The Hall–Kier alpha value is -2.97. The Labute approximate surface area is 188 Å². The van der Waals surface area contributed by atoms with Gasteiger partial charge in [0.25, 0.3) is 0 Å². The number of rotatable bonds is 5. The Kier molecular flexibility index (Phi) is 6.43. The number of alkyl halides is 3. The third-order valence-corrected chi connectivity index (χ3v) is 5.32. The molecule has 0 N–H and O–H groups in total. The second-order valence-electron chi connectivity index (χ2n) is 7.22. The highest BCUT2D eigenvalue weighted by molar-refractivity contribution is 6.33. The van der Waals surface area contributed by atoms with E-state index >= 15 is 0 Å². The molecule has 0 saturated heterocycles. The van der Waals surface area contributed by atoms with Crippen molar-refractivity contribution in [1.29, 1.82) is 0 Å². The van der Waals surface area contributed by atoms with Crippen molar-refractivity contribution in [3.05, 3.63) is 70.8 Å². The van der Waals surface area contributed by atoms with Crippen molar-refractivity contribution in [2.24, 2.45) is 0 Å². The van der Waals surface area contributed by atoms with Crippen molar-refractivity contribution < 1.29 is 27.1 Å². The van der Waals surface area contributed by atoms with E-state index in [2.05, 4.69) is 9.88 Å². The highest BCUT2D eigenvalue weighted by Crippen LogP contribution is 2.40. The van der Waals surface area contributed by atoms with Gasteiger partial charge in [0.1, 0.15) is 12.4 Å². The predicted octanol–water partition coefficient (Wildman–Crippen LogP) is 5.93. The standard InChI is InChI=1S/C23H20ClF3N2O3/c1-30-20-11-15(21-19(24)12-17(13-28-21)23(25,26)27)10-16-14-29(7-9-32-22(16)20)6-2-4-18-5-3-8-31-18/h2-5,8,10-13H,6-7,9,14H2,1H3/b4-2+. The van der Waals surface area contributed by atoms with E-state index in [4.69, 9.17) is 25.5 Å². The van der Waals surface area contributed by atoms with Crippen molar-refractivity contribution >= 4 is 17.7 Å². The molecule has 1 aliphatic rings. The molecule has 0 atom stereocenters. The maximum Gasteiger partial charge on any atom is 0.417 e. The number of halogens is 4. The summed E-state index contributed by atoms with van der Waals surface area (Å²) in [7, 11) is 1.51. The fraction of sp³-hybridized carbons (Fsp3) is 0.261. The van der Waals surface area contributed by atoms with Crippen molar-refractivity contribution in [3.63, 3.8) is 0 Å². The minimum atomic E-state index is -4.52. The van der Waals surface area contributed by atoms with Gasteiger partial charge in [-0.05, 0) is 36.4 Å².